The van der Waals surface area contributed by atoms with E-state index in [-0.39, 0.29) is 23.3 Å². The van der Waals surface area contributed by atoms with E-state index in [0.717, 1.165) is 51.9 Å². The number of nitrogens with zero attached hydrogens (tertiary/aromatic N) is 1. The predicted molar refractivity (Wildman–Crippen MR) is 77.0 cm³/mol. The third-order valence-corrected chi connectivity index (χ3v) is 4.56. The van der Waals surface area contributed by atoms with Crippen LogP contribution in [0.25, 0.3) is 0 Å². The summed E-state index contributed by atoms with van der Waals surface area (Å²) in [5.41, 5.74) is 4.97. The lowest BCUT2D eigenvalue weighted by Crippen LogP contribution is -2.52. The van der Waals surface area contributed by atoms with Gasteiger partial charge in [-0.2, -0.15) is 0 Å². The maximum Gasteiger partial charge on any atom is 0.231 e. The highest BCUT2D eigenvalue weighted by Crippen LogP contribution is 2.28. The highest BCUT2D eigenvalue weighted by molar-refractivity contribution is 5.82. The topological polar surface area (TPSA) is 87.5 Å². The second-order valence-corrected chi connectivity index (χ2v) is 6.30. The van der Waals surface area contributed by atoms with Crippen molar-refractivity contribution in [2.45, 2.75) is 38.6 Å². The highest BCUT2D eigenvalue weighted by atomic mass is 16.2. The third kappa shape index (κ3) is 3.93. The van der Waals surface area contributed by atoms with Crippen LogP contribution < -0.4 is 16.4 Å². The van der Waals surface area contributed by atoms with Gasteiger partial charge in [0.2, 0.25) is 11.8 Å². The van der Waals surface area contributed by atoms with Crippen LogP contribution in [0.1, 0.15) is 32.6 Å². The smallest absolute Gasteiger partial charge is 0.231 e. The molecule has 2 aliphatic rings. The lowest BCUT2D eigenvalue weighted by atomic mass is 9.80. The minimum atomic E-state index is -0.283. The summed E-state index contributed by atoms with van der Waals surface area (Å²) < 4.78 is 0. The molecule has 2 heterocycles. The van der Waals surface area contributed by atoms with Crippen molar-refractivity contribution in [3.8, 4) is 0 Å². The quantitative estimate of drug-likeness (QED) is 0.645. The van der Waals surface area contributed by atoms with Crippen LogP contribution in [0.5, 0.6) is 0 Å². The molecule has 2 aliphatic heterocycles. The van der Waals surface area contributed by atoms with Gasteiger partial charge in [-0.1, -0.05) is 6.92 Å². The molecular formula is C14H26N4O2. The molecule has 0 atom stereocenters. The standard InChI is InChI=1S/C14H26N4O2/c1-14(4-6-16-7-5-14)13(20)17-11-2-8-18(9-3-11)10-12(15)19/h11,16H,2-10H2,1H3,(H2,15,19)(H,17,20). The number of nitrogens with one attached hydrogen (secondary N) is 2. The Morgan fingerprint density at radius 1 is 1.30 bits per heavy atom. The van der Waals surface area contributed by atoms with E-state index in [1.807, 2.05) is 0 Å². The third-order valence-electron chi connectivity index (χ3n) is 4.56. The Bertz CT molecular complexity index is 358. The van der Waals surface area contributed by atoms with Crippen LogP contribution in [0.2, 0.25) is 0 Å². The van der Waals surface area contributed by atoms with E-state index in [1.54, 1.807) is 0 Å². The van der Waals surface area contributed by atoms with Gasteiger partial charge in [0.1, 0.15) is 0 Å². The predicted octanol–water partition coefficient (Wildman–Crippen LogP) is -0.558. The van der Waals surface area contributed by atoms with E-state index in [4.69, 9.17) is 5.73 Å². The number of hydrogen-bond acceptors (Lipinski definition) is 4. The SMILES string of the molecule is CC1(C(=O)NC2CCN(CC(N)=O)CC2)CCNCC1. The molecule has 0 aromatic carbocycles. The molecule has 0 radical (unpaired) electrons. The minimum absolute atomic E-state index is 0.187. The molecule has 6 nitrogen and oxygen atoms in total. The van der Waals surface area contributed by atoms with Gasteiger partial charge in [0.25, 0.3) is 0 Å². The van der Waals surface area contributed by atoms with Crippen molar-refractivity contribution in [3.05, 3.63) is 0 Å². The number of nitrogens with two attached hydrogens (primary N) is 1. The average molecular weight is 282 g/mol. The monoisotopic (exact) mass is 282 g/mol. The van der Waals surface area contributed by atoms with Gasteiger partial charge in [0, 0.05) is 24.5 Å². The summed E-state index contributed by atoms with van der Waals surface area (Å²) in [6.45, 7) is 5.87. The van der Waals surface area contributed by atoms with Gasteiger partial charge in [0.15, 0.2) is 0 Å². The van der Waals surface area contributed by atoms with Crippen molar-refractivity contribution < 1.29 is 9.59 Å². The van der Waals surface area contributed by atoms with Crippen LogP contribution in [0.4, 0.5) is 0 Å². The summed E-state index contributed by atoms with van der Waals surface area (Å²) in [6.07, 6.45) is 3.60. The van der Waals surface area contributed by atoms with E-state index in [1.165, 1.54) is 0 Å². The van der Waals surface area contributed by atoms with E-state index in [2.05, 4.69) is 22.5 Å². The van der Waals surface area contributed by atoms with Gasteiger partial charge < -0.3 is 16.4 Å². The first-order chi connectivity index (χ1) is 9.49. The number of primary amides is 1. The molecule has 0 saturated carbocycles. The Hall–Kier alpha value is -1.14. The maximum absolute atomic E-state index is 12.4. The van der Waals surface area contributed by atoms with Crippen molar-refractivity contribution in [1.29, 1.82) is 0 Å². The van der Waals surface area contributed by atoms with Gasteiger partial charge in [-0.15, -0.1) is 0 Å². The molecule has 2 rings (SSSR count). The molecule has 0 aromatic rings. The fourth-order valence-electron chi connectivity index (χ4n) is 3.02. The number of amides is 2. The number of hydrogen-bond donors (Lipinski definition) is 3. The van der Waals surface area contributed by atoms with Crippen molar-refractivity contribution in [3.63, 3.8) is 0 Å². The Kier molecular flexibility index (Phi) is 4.99. The average Bonchev–Trinajstić information content (AvgIpc) is 2.41. The Morgan fingerprint density at radius 2 is 1.90 bits per heavy atom. The molecule has 2 fully saturated rings. The summed E-state index contributed by atoms with van der Waals surface area (Å²) in [5.74, 6) is -0.0953. The van der Waals surface area contributed by atoms with Crippen LogP contribution in [0.3, 0.4) is 0 Å². The van der Waals surface area contributed by atoms with Gasteiger partial charge in [-0.05, 0) is 38.8 Å². The summed E-state index contributed by atoms with van der Waals surface area (Å²) in [4.78, 5) is 25.4. The van der Waals surface area contributed by atoms with Gasteiger partial charge in [-0.3, -0.25) is 14.5 Å². The summed E-state index contributed by atoms with van der Waals surface area (Å²) in [7, 11) is 0. The molecular weight excluding hydrogens is 256 g/mol. The van der Waals surface area contributed by atoms with Gasteiger partial charge in [-0.25, -0.2) is 0 Å². The van der Waals surface area contributed by atoms with Crippen molar-refractivity contribution in [2.24, 2.45) is 11.1 Å². The normalized spacial score (nSPS) is 24.2. The zero-order valence-corrected chi connectivity index (χ0v) is 12.3. The molecule has 20 heavy (non-hydrogen) atoms. The van der Waals surface area contributed by atoms with Crippen LogP contribution in [-0.4, -0.2) is 55.5 Å². The zero-order valence-electron chi connectivity index (χ0n) is 12.3. The highest BCUT2D eigenvalue weighted by Gasteiger charge is 2.35. The van der Waals surface area contributed by atoms with Crippen molar-refractivity contribution >= 4 is 11.8 Å². The molecule has 0 aromatic heterocycles. The number of likely N-dealkylation sites (tertiary alicyclic amines) is 1. The molecule has 0 bridgehead atoms. The van der Waals surface area contributed by atoms with E-state index < -0.39 is 0 Å². The van der Waals surface area contributed by atoms with Gasteiger partial charge in [0.05, 0.1) is 6.54 Å². The fraction of sp³-hybridized carbons (Fsp3) is 0.857. The van der Waals surface area contributed by atoms with Gasteiger partial charge >= 0.3 is 0 Å². The largest absolute Gasteiger partial charge is 0.369 e. The second kappa shape index (κ2) is 6.54. The molecule has 0 unspecified atom stereocenters. The van der Waals surface area contributed by atoms with Crippen molar-refractivity contribution in [1.82, 2.24) is 15.5 Å². The van der Waals surface area contributed by atoms with Crippen LogP contribution in [0.15, 0.2) is 0 Å². The van der Waals surface area contributed by atoms with Crippen molar-refractivity contribution in [2.75, 3.05) is 32.7 Å². The second-order valence-electron chi connectivity index (χ2n) is 6.30. The van der Waals surface area contributed by atoms with Crippen LogP contribution in [-0.2, 0) is 9.59 Å². The molecule has 2 saturated heterocycles. The number of carbonyl (C=O) groups is 2. The lowest BCUT2D eigenvalue weighted by molar-refractivity contribution is -0.132. The molecule has 2 amide bonds. The molecule has 0 spiro atoms. The van der Waals surface area contributed by atoms with E-state index in [9.17, 15) is 9.59 Å². The lowest BCUT2D eigenvalue weighted by Gasteiger charge is -2.36. The molecule has 0 aliphatic carbocycles. The first-order valence-electron chi connectivity index (χ1n) is 7.52. The Morgan fingerprint density at radius 3 is 2.45 bits per heavy atom. The van der Waals surface area contributed by atoms with E-state index in [0.29, 0.717) is 6.54 Å². The van der Waals surface area contributed by atoms with E-state index >= 15 is 0 Å². The number of carbonyl (C=O) groups excluding carboxylic acids is 2. The number of piperidine rings is 2. The Balaban J connectivity index is 1.77. The summed E-state index contributed by atoms with van der Waals surface area (Å²) in [6, 6.07) is 0.235. The molecule has 4 N–H and O–H groups in total. The van der Waals surface area contributed by atoms with Crippen LogP contribution in [0, 0.1) is 5.41 Å². The number of rotatable bonds is 4. The summed E-state index contributed by atoms with van der Waals surface area (Å²) >= 11 is 0. The first kappa shape index (κ1) is 15.3. The fourth-order valence-corrected chi connectivity index (χ4v) is 3.02. The summed E-state index contributed by atoms with van der Waals surface area (Å²) in [5, 5.41) is 6.49. The van der Waals surface area contributed by atoms with Crippen LogP contribution >= 0.6 is 0 Å². The Labute approximate surface area is 120 Å². The zero-order chi connectivity index (χ0) is 14.6. The first-order valence-corrected chi connectivity index (χ1v) is 7.52. The maximum atomic E-state index is 12.4. The molecule has 114 valence electrons. The minimum Gasteiger partial charge on any atom is -0.369 e. The molecule has 6 heteroatoms.